The Morgan fingerprint density at radius 1 is 1.33 bits per heavy atom. The number of benzene rings is 2. The smallest absolute Gasteiger partial charge is 0.273 e. The van der Waals surface area contributed by atoms with Crippen molar-refractivity contribution in [2.24, 2.45) is 0 Å². The third-order valence-electron chi connectivity index (χ3n) is 2.93. The zero-order valence-corrected chi connectivity index (χ0v) is 11.6. The maximum Gasteiger partial charge on any atom is 0.273 e. The number of nitrogens with zero attached hydrogens (tertiary/aromatic N) is 1. The number of hydrogen-bond donors (Lipinski definition) is 1. The van der Waals surface area contributed by atoms with Crippen molar-refractivity contribution in [3.05, 3.63) is 68.5 Å². The summed E-state index contributed by atoms with van der Waals surface area (Å²) >= 11 is 5.62. The Morgan fingerprint density at radius 2 is 2.05 bits per heavy atom. The van der Waals surface area contributed by atoms with Gasteiger partial charge in [-0.1, -0.05) is 17.7 Å². The molecule has 0 aliphatic carbocycles. The molecule has 0 bridgehead atoms. The summed E-state index contributed by atoms with van der Waals surface area (Å²) in [6, 6.07) is 7.96. The first-order valence-electron chi connectivity index (χ1n) is 5.90. The standard InChI is InChI=1S/C14H10ClFN2O3/c1-8-10(3-2-4-13(8)18(20)21)14(19)17-12-6-5-9(15)7-11(12)16/h2-7H,1H3,(H,17,19). The highest BCUT2D eigenvalue weighted by molar-refractivity contribution is 6.30. The van der Waals surface area contributed by atoms with E-state index in [9.17, 15) is 19.3 Å². The number of halogens is 2. The number of rotatable bonds is 3. The Bertz CT molecular complexity index is 734. The number of carbonyl (C=O) groups is 1. The second-order valence-electron chi connectivity index (χ2n) is 4.29. The van der Waals surface area contributed by atoms with Gasteiger partial charge in [-0.2, -0.15) is 0 Å². The molecule has 2 rings (SSSR count). The van der Waals surface area contributed by atoms with E-state index in [4.69, 9.17) is 11.6 Å². The van der Waals surface area contributed by atoms with Crippen molar-refractivity contribution >= 4 is 28.9 Å². The first kappa shape index (κ1) is 14.9. The summed E-state index contributed by atoms with van der Waals surface area (Å²) in [7, 11) is 0. The Kier molecular flexibility index (Phi) is 4.18. The fourth-order valence-electron chi connectivity index (χ4n) is 1.85. The van der Waals surface area contributed by atoms with E-state index in [1.165, 1.54) is 37.3 Å². The van der Waals surface area contributed by atoms with Crippen LogP contribution in [0, 0.1) is 22.9 Å². The number of anilines is 1. The lowest BCUT2D eigenvalue weighted by Gasteiger charge is -2.09. The van der Waals surface area contributed by atoms with E-state index in [0.717, 1.165) is 6.07 Å². The van der Waals surface area contributed by atoms with Crippen LogP contribution in [0.3, 0.4) is 0 Å². The fraction of sp³-hybridized carbons (Fsp3) is 0.0714. The van der Waals surface area contributed by atoms with Crippen molar-refractivity contribution in [3.63, 3.8) is 0 Å². The van der Waals surface area contributed by atoms with Crippen molar-refractivity contribution in [3.8, 4) is 0 Å². The Morgan fingerprint density at radius 3 is 2.67 bits per heavy atom. The summed E-state index contributed by atoms with van der Waals surface area (Å²) < 4.78 is 13.6. The maximum atomic E-state index is 13.6. The molecule has 0 heterocycles. The van der Waals surface area contributed by atoms with Gasteiger partial charge in [0.05, 0.1) is 10.6 Å². The molecule has 0 aromatic heterocycles. The molecule has 0 radical (unpaired) electrons. The fourth-order valence-corrected chi connectivity index (χ4v) is 2.01. The van der Waals surface area contributed by atoms with Crippen LogP contribution >= 0.6 is 11.6 Å². The molecular weight excluding hydrogens is 299 g/mol. The molecule has 2 aromatic rings. The van der Waals surface area contributed by atoms with Crippen LogP contribution in [0.15, 0.2) is 36.4 Å². The number of nitrogens with one attached hydrogen (secondary N) is 1. The van der Waals surface area contributed by atoms with Gasteiger partial charge in [-0.3, -0.25) is 14.9 Å². The molecule has 2 aromatic carbocycles. The van der Waals surface area contributed by atoms with E-state index in [2.05, 4.69) is 5.32 Å². The van der Waals surface area contributed by atoms with Gasteiger partial charge in [0.1, 0.15) is 5.82 Å². The highest BCUT2D eigenvalue weighted by Gasteiger charge is 2.18. The van der Waals surface area contributed by atoms with Crippen LogP contribution in [0.4, 0.5) is 15.8 Å². The largest absolute Gasteiger partial charge is 0.319 e. The molecule has 7 heteroatoms. The minimum absolute atomic E-state index is 0.0460. The van der Waals surface area contributed by atoms with Gasteiger partial charge in [-0.05, 0) is 31.2 Å². The molecule has 108 valence electrons. The molecule has 1 N–H and O–H groups in total. The van der Waals surface area contributed by atoms with Gasteiger partial charge >= 0.3 is 0 Å². The predicted molar refractivity (Wildman–Crippen MR) is 77.2 cm³/mol. The number of carbonyl (C=O) groups excluding carboxylic acids is 1. The molecule has 0 saturated carbocycles. The quantitative estimate of drug-likeness (QED) is 0.689. The molecule has 0 atom stereocenters. The average molecular weight is 309 g/mol. The molecular formula is C14H10ClFN2O3. The van der Waals surface area contributed by atoms with Crippen molar-refractivity contribution in [2.75, 3.05) is 5.32 Å². The molecule has 0 spiro atoms. The summed E-state index contributed by atoms with van der Waals surface area (Å²) in [6.07, 6.45) is 0. The summed E-state index contributed by atoms with van der Waals surface area (Å²) in [6.45, 7) is 1.46. The maximum absolute atomic E-state index is 13.6. The average Bonchev–Trinajstić information content (AvgIpc) is 2.41. The zero-order valence-electron chi connectivity index (χ0n) is 10.9. The second kappa shape index (κ2) is 5.88. The van der Waals surface area contributed by atoms with Gasteiger partial charge in [0.2, 0.25) is 0 Å². The predicted octanol–water partition coefficient (Wildman–Crippen LogP) is 3.95. The van der Waals surface area contributed by atoms with E-state index < -0.39 is 16.6 Å². The minimum atomic E-state index is -0.682. The summed E-state index contributed by atoms with van der Waals surface area (Å²) in [5.41, 5.74) is 0.113. The molecule has 0 unspecified atom stereocenters. The Balaban J connectivity index is 2.33. The van der Waals surface area contributed by atoms with Crippen LogP contribution < -0.4 is 5.32 Å². The molecule has 0 saturated heterocycles. The second-order valence-corrected chi connectivity index (χ2v) is 4.72. The molecule has 0 aliphatic heterocycles. The highest BCUT2D eigenvalue weighted by atomic mass is 35.5. The third-order valence-corrected chi connectivity index (χ3v) is 3.16. The summed E-state index contributed by atoms with van der Waals surface area (Å²) in [5, 5.41) is 13.4. The summed E-state index contributed by atoms with van der Waals surface area (Å²) in [4.78, 5) is 22.4. The van der Waals surface area contributed by atoms with Gasteiger partial charge < -0.3 is 5.32 Å². The topological polar surface area (TPSA) is 72.2 Å². The molecule has 0 aliphatic rings. The molecule has 0 fully saturated rings. The van der Waals surface area contributed by atoms with E-state index in [0.29, 0.717) is 0 Å². The van der Waals surface area contributed by atoms with E-state index in [-0.39, 0.29) is 27.5 Å². The number of hydrogen-bond acceptors (Lipinski definition) is 3. The van der Waals surface area contributed by atoms with E-state index in [1.807, 2.05) is 0 Å². The van der Waals surface area contributed by atoms with Crippen LogP contribution in [0.5, 0.6) is 0 Å². The van der Waals surface area contributed by atoms with Crippen molar-refractivity contribution in [1.82, 2.24) is 0 Å². The van der Waals surface area contributed by atoms with Crippen LogP contribution in [0.2, 0.25) is 5.02 Å². The van der Waals surface area contributed by atoms with Crippen molar-refractivity contribution in [2.45, 2.75) is 6.92 Å². The monoisotopic (exact) mass is 308 g/mol. The molecule has 1 amide bonds. The van der Waals surface area contributed by atoms with Gasteiger partial charge in [0, 0.05) is 22.2 Å². The molecule has 5 nitrogen and oxygen atoms in total. The lowest BCUT2D eigenvalue weighted by atomic mass is 10.1. The Hall–Kier alpha value is -2.47. The van der Waals surface area contributed by atoms with Gasteiger partial charge in [0.15, 0.2) is 0 Å². The minimum Gasteiger partial charge on any atom is -0.319 e. The number of nitro groups is 1. The lowest BCUT2D eigenvalue weighted by molar-refractivity contribution is -0.385. The van der Waals surface area contributed by atoms with Gasteiger partial charge in [-0.25, -0.2) is 4.39 Å². The van der Waals surface area contributed by atoms with Crippen LogP contribution in [0.1, 0.15) is 15.9 Å². The normalized spacial score (nSPS) is 10.2. The first-order valence-corrected chi connectivity index (χ1v) is 6.28. The van der Waals surface area contributed by atoms with Crippen LogP contribution in [-0.2, 0) is 0 Å². The SMILES string of the molecule is Cc1c(C(=O)Nc2ccc(Cl)cc2F)cccc1[N+](=O)[O-]. The van der Waals surface area contributed by atoms with Crippen molar-refractivity contribution in [1.29, 1.82) is 0 Å². The highest BCUT2D eigenvalue weighted by Crippen LogP contribution is 2.23. The van der Waals surface area contributed by atoms with Gasteiger partial charge in [0.25, 0.3) is 11.6 Å². The molecule has 21 heavy (non-hydrogen) atoms. The van der Waals surface area contributed by atoms with Crippen LogP contribution in [-0.4, -0.2) is 10.8 Å². The van der Waals surface area contributed by atoms with Crippen molar-refractivity contribution < 1.29 is 14.1 Å². The summed E-state index contributed by atoms with van der Waals surface area (Å²) in [5.74, 6) is -1.31. The van der Waals surface area contributed by atoms with Crippen LogP contribution in [0.25, 0.3) is 0 Å². The lowest BCUT2D eigenvalue weighted by Crippen LogP contribution is -2.15. The first-order chi connectivity index (χ1) is 9.90. The van der Waals surface area contributed by atoms with Gasteiger partial charge in [-0.15, -0.1) is 0 Å². The third kappa shape index (κ3) is 3.17. The number of nitro benzene ring substituents is 1. The number of amides is 1. The van der Waals surface area contributed by atoms with E-state index >= 15 is 0 Å². The Labute approximate surface area is 124 Å². The zero-order chi connectivity index (χ0) is 15.6. The van der Waals surface area contributed by atoms with E-state index in [1.54, 1.807) is 0 Å².